The lowest BCUT2D eigenvalue weighted by molar-refractivity contribution is 0.101. The minimum absolute atomic E-state index is 0.0108. The van der Waals surface area contributed by atoms with Gasteiger partial charge >= 0.3 is 0 Å². The molecule has 88 valence electrons. The van der Waals surface area contributed by atoms with Crippen molar-refractivity contribution >= 4 is 17.4 Å². The molecule has 17 heavy (non-hydrogen) atoms. The SMILES string of the molecule is COC1(Cl)C=CC(C(=O)c2ccccc2)=CC1. The van der Waals surface area contributed by atoms with Crippen LogP contribution in [0.15, 0.2) is 54.1 Å². The van der Waals surface area contributed by atoms with Crippen molar-refractivity contribution in [1.29, 1.82) is 0 Å². The van der Waals surface area contributed by atoms with E-state index < -0.39 is 5.06 Å². The number of benzene rings is 1. The summed E-state index contributed by atoms with van der Waals surface area (Å²) in [4.78, 5) is 12.1. The van der Waals surface area contributed by atoms with Crippen molar-refractivity contribution in [2.24, 2.45) is 0 Å². The highest BCUT2D eigenvalue weighted by Crippen LogP contribution is 2.29. The summed E-state index contributed by atoms with van der Waals surface area (Å²) in [6.07, 6.45) is 5.74. The number of methoxy groups -OCH3 is 1. The van der Waals surface area contributed by atoms with E-state index in [0.29, 0.717) is 17.6 Å². The maximum atomic E-state index is 12.1. The Balaban J connectivity index is 2.17. The Morgan fingerprint density at radius 1 is 1.35 bits per heavy atom. The van der Waals surface area contributed by atoms with Gasteiger partial charge < -0.3 is 4.74 Å². The molecular formula is C14H13ClO2. The summed E-state index contributed by atoms with van der Waals surface area (Å²) in [5, 5.41) is -0.805. The summed E-state index contributed by atoms with van der Waals surface area (Å²) in [6, 6.07) is 9.19. The van der Waals surface area contributed by atoms with Gasteiger partial charge in [0.25, 0.3) is 0 Å². The zero-order valence-corrected chi connectivity index (χ0v) is 10.3. The van der Waals surface area contributed by atoms with E-state index in [4.69, 9.17) is 16.3 Å². The average molecular weight is 249 g/mol. The van der Waals surface area contributed by atoms with Crippen molar-refractivity contribution in [2.75, 3.05) is 7.11 Å². The van der Waals surface area contributed by atoms with Crippen LogP contribution in [0.5, 0.6) is 0 Å². The van der Waals surface area contributed by atoms with Crippen LogP contribution < -0.4 is 0 Å². The molecule has 1 atom stereocenters. The highest BCUT2D eigenvalue weighted by Gasteiger charge is 2.26. The molecule has 1 aromatic rings. The van der Waals surface area contributed by atoms with Crippen molar-refractivity contribution in [3.05, 3.63) is 59.7 Å². The minimum Gasteiger partial charge on any atom is -0.359 e. The van der Waals surface area contributed by atoms with Gasteiger partial charge in [-0.25, -0.2) is 0 Å². The third kappa shape index (κ3) is 2.65. The Morgan fingerprint density at radius 3 is 2.59 bits per heavy atom. The first kappa shape index (κ1) is 12.1. The molecule has 3 heteroatoms. The van der Waals surface area contributed by atoms with Crippen LogP contribution in [0.25, 0.3) is 0 Å². The Bertz CT molecular complexity index is 476. The van der Waals surface area contributed by atoms with Crippen molar-refractivity contribution < 1.29 is 9.53 Å². The maximum absolute atomic E-state index is 12.1. The van der Waals surface area contributed by atoms with Crippen molar-refractivity contribution in [2.45, 2.75) is 11.5 Å². The Hall–Kier alpha value is -1.38. The molecule has 0 saturated heterocycles. The number of carbonyl (C=O) groups excluding carboxylic acids is 1. The van der Waals surface area contributed by atoms with Gasteiger partial charge in [0.2, 0.25) is 0 Å². The second-order valence-corrected chi connectivity index (χ2v) is 4.52. The van der Waals surface area contributed by atoms with Gasteiger partial charge in [-0.2, -0.15) is 0 Å². The molecule has 0 saturated carbocycles. The number of ether oxygens (including phenoxy) is 1. The molecule has 1 aliphatic carbocycles. The number of ketones is 1. The second kappa shape index (κ2) is 4.86. The average Bonchev–Trinajstić information content (AvgIpc) is 2.40. The van der Waals surface area contributed by atoms with Crippen LogP contribution in [-0.2, 0) is 4.74 Å². The van der Waals surface area contributed by atoms with Crippen molar-refractivity contribution in [3.8, 4) is 0 Å². The van der Waals surface area contributed by atoms with E-state index >= 15 is 0 Å². The summed E-state index contributed by atoms with van der Waals surface area (Å²) in [5.41, 5.74) is 1.34. The van der Waals surface area contributed by atoms with E-state index in [1.54, 1.807) is 31.4 Å². The number of carbonyl (C=O) groups is 1. The van der Waals surface area contributed by atoms with Crippen LogP contribution in [0.2, 0.25) is 0 Å². The summed E-state index contributed by atoms with van der Waals surface area (Å²) in [7, 11) is 1.55. The van der Waals surface area contributed by atoms with E-state index in [0.717, 1.165) is 0 Å². The van der Waals surface area contributed by atoms with Gasteiger partial charge in [0.1, 0.15) is 0 Å². The number of hydrogen-bond acceptors (Lipinski definition) is 2. The Labute approximate surface area is 106 Å². The van der Waals surface area contributed by atoms with Gasteiger partial charge in [0, 0.05) is 24.7 Å². The first-order valence-corrected chi connectivity index (χ1v) is 5.76. The lowest BCUT2D eigenvalue weighted by Crippen LogP contribution is -2.23. The molecule has 0 fully saturated rings. The molecule has 0 spiro atoms. The number of hydrogen-bond donors (Lipinski definition) is 0. The lowest BCUT2D eigenvalue weighted by atomic mass is 9.97. The fourth-order valence-electron chi connectivity index (χ4n) is 1.68. The lowest BCUT2D eigenvalue weighted by Gasteiger charge is -2.23. The normalized spacial score (nSPS) is 23.3. The van der Waals surface area contributed by atoms with Crippen molar-refractivity contribution in [3.63, 3.8) is 0 Å². The Kier molecular flexibility index (Phi) is 3.46. The van der Waals surface area contributed by atoms with Gasteiger partial charge in [0.05, 0.1) is 0 Å². The molecule has 2 nitrogen and oxygen atoms in total. The van der Waals surface area contributed by atoms with Crippen LogP contribution in [-0.4, -0.2) is 18.0 Å². The van der Waals surface area contributed by atoms with Gasteiger partial charge in [-0.15, -0.1) is 0 Å². The zero-order valence-electron chi connectivity index (χ0n) is 9.52. The monoisotopic (exact) mass is 248 g/mol. The van der Waals surface area contributed by atoms with E-state index in [9.17, 15) is 4.79 Å². The highest BCUT2D eigenvalue weighted by atomic mass is 35.5. The number of halogens is 1. The summed E-state index contributed by atoms with van der Waals surface area (Å²) in [6.45, 7) is 0. The fourth-order valence-corrected chi connectivity index (χ4v) is 1.82. The van der Waals surface area contributed by atoms with E-state index in [-0.39, 0.29) is 5.78 Å². The van der Waals surface area contributed by atoms with Crippen molar-refractivity contribution in [1.82, 2.24) is 0 Å². The molecule has 0 amide bonds. The summed E-state index contributed by atoms with van der Waals surface area (Å²) >= 11 is 6.11. The first-order valence-electron chi connectivity index (χ1n) is 5.38. The van der Waals surface area contributed by atoms with Crippen LogP contribution in [0.1, 0.15) is 16.8 Å². The molecular weight excluding hydrogens is 236 g/mol. The maximum Gasteiger partial charge on any atom is 0.192 e. The predicted molar refractivity (Wildman–Crippen MR) is 68.2 cm³/mol. The topological polar surface area (TPSA) is 26.3 Å². The molecule has 0 heterocycles. The number of allylic oxidation sites excluding steroid dienone is 2. The van der Waals surface area contributed by atoms with E-state index in [1.807, 2.05) is 24.3 Å². The van der Waals surface area contributed by atoms with Gasteiger partial charge in [-0.05, 0) is 6.08 Å². The molecule has 1 aliphatic rings. The minimum atomic E-state index is -0.805. The van der Waals surface area contributed by atoms with Crippen LogP contribution >= 0.6 is 11.6 Å². The van der Waals surface area contributed by atoms with Gasteiger partial charge in [0.15, 0.2) is 10.8 Å². The molecule has 0 bridgehead atoms. The molecule has 2 rings (SSSR count). The number of rotatable bonds is 3. The number of Topliss-reactive ketones (excluding diaryl/α,β-unsaturated/α-hetero) is 1. The molecule has 1 unspecified atom stereocenters. The van der Waals surface area contributed by atoms with Crippen LogP contribution in [0, 0.1) is 0 Å². The highest BCUT2D eigenvalue weighted by molar-refractivity contribution is 6.24. The predicted octanol–water partition coefficient (Wildman–Crippen LogP) is 3.34. The van der Waals surface area contributed by atoms with E-state index in [2.05, 4.69) is 0 Å². The molecule has 0 radical (unpaired) electrons. The largest absolute Gasteiger partial charge is 0.359 e. The van der Waals surface area contributed by atoms with Gasteiger partial charge in [-0.3, -0.25) is 4.79 Å². The zero-order chi connectivity index (χ0) is 12.3. The first-order chi connectivity index (χ1) is 8.14. The van der Waals surface area contributed by atoms with Gasteiger partial charge in [-0.1, -0.05) is 54.1 Å². The summed E-state index contributed by atoms with van der Waals surface area (Å²) < 4.78 is 5.14. The fraction of sp³-hybridized carbons (Fsp3) is 0.214. The van der Waals surface area contributed by atoms with E-state index in [1.165, 1.54) is 0 Å². The van der Waals surface area contributed by atoms with Crippen LogP contribution in [0.3, 0.4) is 0 Å². The third-order valence-corrected chi connectivity index (χ3v) is 3.18. The quantitative estimate of drug-likeness (QED) is 0.606. The molecule has 0 aromatic heterocycles. The standard InChI is InChI=1S/C14H13ClO2/c1-17-14(15)9-7-12(8-10-14)13(16)11-5-3-2-4-6-11/h2-9H,10H2,1H3. The van der Waals surface area contributed by atoms with Crippen LogP contribution in [0.4, 0.5) is 0 Å². The molecule has 1 aromatic carbocycles. The second-order valence-electron chi connectivity index (χ2n) is 3.88. The Morgan fingerprint density at radius 2 is 2.06 bits per heavy atom. The molecule has 0 aliphatic heterocycles. The number of alkyl halides is 1. The smallest absolute Gasteiger partial charge is 0.192 e. The summed E-state index contributed by atoms with van der Waals surface area (Å²) in [5.74, 6) is 0.0108. The molecule has 0 N–H and O–H groups in total. The third-order valence-electron chi connectivity index (χ3n) is 2.75.